The number of benzene rings is 2. The van der Waals surface area contributed by atoms with Gasteiger partial charge in [0.2, 0.25) is 5.91 Å². The molecule has 0 fully saturated rings. The molecule has 0 saturated heterocycles. The molecule has 2 N–H and O–H groups in total. The van der Waals surface area contributed by atoms with E-state index in [-0.39, 0.29) is 12.5 Å². The zero-order valence-corrected chi connectivity index (χ0v) is 13.2. The number of carbonyl (C=O) groups excluding carboxylic acids is 1. The second kappa shape index (κ2) is 6.22. The number of aliphatic hydroxyl groups excluding tert-OH is 1. The van der Waals surface area contributed by atoms with Crippen LogP contribution in [0.3, 0.4) is 0 Å². The smallest absolute Gasteiger partial charge is 0.221 e. The van der Waals surface area contributed by atoms with Crippen LogP contribution in [0.1, 0.15) is 18.3 Å². The summed E-state index contributed by atoms with van der Waals surface area (Å²) in [4.78, 5) is 15.8. The van der Waals surface area contributed by atoms with E-state index in [1.807, 2.05) is 49.4 Å². The van der Waals surface area contributed by atoms with E-state index in [2.05, 4.69) is 14.9 Å². The van der Waals surface area contributed by atoms with Crippen LogP contribution in [0.5, 0.6) is 0 Å². The largest absolute Gasteiger partial charge is 0.396 e. The number of para-hydroxylation sites is 1. The van der Waals surface area contributed by atoms with Crippen LogP contribution in [0, 0.1) is 6.92 Å². The zero-order chi connectivity index (χ0) is 16.4. The Bertz CT molecular complexity index is 851. The third kappa shape index (κ3) is 2.96. The summed E-state index contributed by atoms with van der Waals surface area (Å²) in [5.74, 6) is 0.728. The van der Waals surface area contributed by atoms with Gasteiger partial charge in [0.25, 0.3) is 0 Å². The Morgan fingerprint density at radius 1 is 1.22 bits per heavy atom. The fourth-order valence-electron chi connectivity index (χ4n) is 2.74. The quantitative estimate of drug-likeness (QED) is 0.779. The lowest BCUT2D eigenvalue weighted by atomic mass is 10.2. The third-order valence-electron chi connectivity index (χ3n) is 3.74. The Hall–Kier alpha value is -2.66. The van der Waals surface area contributed by atoms with E-state index in [0.717, 1.165) is 33.8 Å². The number of amides is 1. The van der Waals surface area contributed by atoms with E-state index in [9.17, 15) is 9.90 Å². The molecule has 3 rings (SSSR count). The molecule has 0 aliphatic carbocycles. The molecule has 0 bridgehead atoms. The minimum absolute atomic E-state index is 0.0480. The number of carbonyl (C=O) groups is 1. The first-order chi connectivity index (χ1) is 11.1. The van der Waals surface area contributed by atoms with E-state index in [0.29, 0.717) is 6.42 Å². The molecule has 5 heteroatoms. The SMILES string of the molecule is CC(=O)Nc1ccc(-n2c(CCO)nc3c(C)cccc32)cc1. The molecule has 0 spiro atoms. The standard InChI is InChI=1S/C18H19N3O2/c1-12-4-3-5-16-18(12)20-17(10-11-22)21(16)15-8-6-14(7-9-15)19-13(2)23/h3-9,22H,10-11H2,1-2H3,(H,19,23). The number of aromatic nitrogens is 2. The van der Waals surface area contributed by atoms with Crippen molar-refractivity contribution in [3.05, 3.63) is 53.9 Å². The van der Waals surface area contributed by atoms with Crippen molar-refractivity contribution in [1.29, 1.82) is 0 Å². The third-order valence-corrected chi connectivity index (χ3v) is 3.74. The molecule has 118 valence electrons. The minimum atomic E-state index is -0.0950. The van der Waals surface area contributed by atoms with Gasteiger partial charge in [-0.2, -0.15) is 0 Å². The van der Waals surface area contributed by atoms with Crippen molar-refractivity contribution >= 4 is 22.6 Å². The van der Waals surface area contributed by atoms with Crippen LogP contribution in [-0.2, 0) is 11.2 Å². The molecule has 5 nitrogen and oxygen atoms in total. The van der Waals surface area contributed by atoms with Crippen LogP contribution in [0.2, 0.25) is 0 Å². The first kappa shape index (κ1) is 15.2. The maximum atomic E-state index is 11.1. The fraction of sp³-hybridized carbons (Fsp3) is 0.222. The minimum Gasteiger partial charge on any atom is -0.396 e. The van der Waals surface area contributed by atoms with Crippen LogP contribution in [0.25, 0.3) is 16.7 Å². The molecule has 23 heavy (non-hydrogen) atoms. The lowest BCUT2D eigenvalue weighted by Crippen LogP contribution is -2.06. The first-order valence-electron chi connectivity index (χ1n) is 7.56. The van der Waals surface area contributed by atoms with Gasteiger partial charge in [-0.3, -0.25) is 9.36 Å². The summed E-state index contributed by atoms with van der Waals surface area (Å²) in [6.07, 6.45) is 0.488. The Morgan fingerprint density at radius 2 is 1.96 bits per heavy atom. The Labute approximate surface area is 134 Å². The van der Waals surface area contributed by atoms with Crippen molar-refractivity contribution in [2.75, 3.05) is 11.9 Å². The predicted molar refractivity (Wildman–Crippen MR) is 90.9 cm³/mol. The molecule has 3 aromatic rings. The molecular formula is C18H19N3O2. The van der Waals surface area contributed by atoms with E-state index < -0.39 is 0 Å². The number of hydrogen-bond acceptors (Lipinski definition) is 3. The van der Waals surface area contributed by atoms with Gasteiger partial charge in [-0.15, -0.1) is 0 Å². The van der Waals surface area contributed by atoms with Crippen molar-refractivity contribution in [3.63, 3.8) is 0 Å². The summed E-state index contributed by atoms with van der Waals surface area (Å²) in [5, 5.41) is 12.1. The number of fused-ring (bicyclic) bond motifs is 1. The van der Waals surface area contributed by atoms with Gasteiger partial charge < -0.3 is 10.4 Å². The highest BCUT2D eigenvalue weighted by atomic mass is 16.3. The maximum Gasteiger partial charge on any atom is 0.221 e. The molecule has 0 aliphatic rings. The molecular weight excluding hydrogens is 290 g/mol. The van der Waals surface area contributed by atoms with Gasteiger partial charge in [0.05, 0.1) is 17.6 Å². The number of aliphatic hydroxyl groups is 1. The number of anilines is 1. The summed E-state index contributed by atoms with van der Waals surface area (Å²) in [5.41, 5.74) is 4.78. The average Bonchev–Trinajstić information content (AvgIpc) is 2.88. The fourth-order valence-corrected chi connectivity index (χ4v) is 2.74. The first-order valence-corrected chi connectivity index (χ1v) is 7.56. The molecule has 2 aromatic carbocycles. The zero-order valence-electron chi connectivity index (χ0n) is 13.2. The van der Waals surface area contributed by atoms with Crippen molar-refractivity contribution in [1.82, 2.24) is 9.55 Å². The van der Waals surface area contributed by atoms with E-state index in [1.54, 1.807) is 0 Å². The summed E-state index contributed by atoms with van der Waals surface area (Å²) in [6.45, 7) is 3.56. The summed E-state index contributed by atoms with van der Waals surface area (Å²) >= 11 is 0. The number of aryl methyl sites for hydroxylation is 1. The normalized spacial score (nSPS) is 10.9. The number of hydrogen-bond donors (Lipinski definition) is 2. The Kier molecular flexibility index (Phi) is 4.12. The van der Waals surface area contributed by atoms with Gasteiger partial charge in [-0.05, 0) is 42.8 Å². The highest BCUT2D eigenvalue weighted by Crippen LogP contribution is 2.25. The maximum absolute atomic E-state index is 11.1. The van der Waals surface area contributed by atoms with Gasteiger partial charge >= 0.3 is 0 Å². The van der Waals surface area contributed by atoms with Crippen LogP contribution in [0.15, 0.2) is 42.5 Å². The molecule has 0 aliphatic heterocycles. The van der Waals surface area contributed by atoms with E-state index >= 15 is 0 Å². The molecule has 0 atom stereocenters. The van der Waals surface area contributed by atoms with Crippen LogP contribution >= 0.6 is 0 Å². The van der Waals surface area contributed by atoms with Crippen LogP contribution in [-0.4, -0.2) is 27.2 Å². The monoisotopic (exact) mass is 309 g/mol. The van der Waals surface area contributed by atoms with Gasteiger partial charge in [-0.1, -0.05) is 12.1 Å². The number of nitrogens with one attached hydrogen (secondary N) is 1. The number of rotatable bonds is 4. The Balaban J connectivity index is 2.12. The number of nitrogens with zero attached hydrogens (tertiary/aromatic N) is 2. The topological polar surface area (TPSA) is 67.2 Å². The lowest BCUT2D eigenvalue weighted by Gasteiger charge is -2.10. The lowest BCUT2D eigenvalue weighted by molar-refractivity contribution is -0.114. The van der Waals surface area contributed by atoms with Crippen molar-refractivity contribution < 1.29 is 9.90 Å². The molecule has 0 unspecified atom stereocenters. The van der Waals surface area contributed by atoms with Crippen LogP contribution < -0.4 is 5.32 Å². The molecule has 1 heterocycles. The van der Waals surface area contributed by atoms with Gasteiger partial charge in [-0.25, -0.2) is 4.98 Å². The molecule has 0 radical (unpaired) electrons. The van der Waals surface area contributed by atoms with Gasteiger partial charge in [0, 0.05) is 24.7 Å². The number of imidazole rings is 1. The van der Waals surface area contributed by atoms with Crippen molar-refractivity contribution in [2.45, 2.75) is 20.3 Å². The second-order valence-corrected chi connectivity index (χ2v) is 5.51. The summed E-state index contributed by atoms with van der Waals surface area (Å²) in [6, 6.07) is 13.7. The van der Waals surface area contributed by atoms with E-state index in [4.69, 9.17) is 0 Å². The Morgan fingerprint density at radius 3 is 2.61 bits per heavy atom. The summed E-state index contributed by atoms with van der Waals surface area (Å²) < 4.78 is 2.05. The highest BCUT2D eigenvalue weighted by Gasteiger charge is 2.13. The molecule has 0 saturated carbocycles. The van der Waals surface area contributed by atoms with Gasteiger partial charge in [0.1, 0.15) is 5.82 Å². The highest BCUT2D eigenvalue weighted by molar-refractivity contribution is 5.88. The predicted octanol–water partition coefficient (Wildman–Crippen LogP) is 2.83. The molecule has 1 amide bonds. The molecule has 1 aromatic heterocycles. The van der Waals surface area contributed by atoms with E-state index in [1.165, 1.54) is 6.92 Å². The van der Waals surface area contributed by atoms with Crippen LogP contribution in [0.4, 0.5) is 5.69 Å². The van der Waals surface area contributed by atoms with Crippen molar-refractivity contribution in [2.24, 2.45) is 0 Å². The van der Waals surface area contributed by atoms with Crippen molar-refractivity contribution in [3.8, 4) is 5.69 Å². The average molecular weight is 309 g/mol. The van der Waals surface area contributed by atoms with Gasteiger partial charge in [0.15, 0.2) is 0 Å². The summed E-state index contributed by atoms with van der Waals surface area (Å²) in [7, 11) is 0. The second-order valence-electron chi connectivity index (χ2n) is 5.51.